The molecule has 0 unspecified atom stereocenters. The fourth-order valence-electron chi connectivity index (χ4n) is 1.26. The van der Waals surface area contributed by atoms with Crippen LogP contribution >= 0.6 is 0 Å². The normalized spacial score (nSPS) is 9.88. The molecule has 1 rings (SSSR count). The molecule has 0 aromatic carbocycles. The molecule has 6 nitrogen and oxygen atoms in total. The van der Waals surface area contributed by atoms with E-state index in [-0.39, 0.29) is 12.5 Å². The summed E-state index contributed by atoms with van der Waals surface area (Å²) in [6, 6.07) is 0. The summed E-state index contributed by atoms with van der Waals surface area (Å²) in [6.45, 7) is 3.42. The second-order valence-electron chi connectivity index (χ2n) is 3.23. The van der Waals surface area contributed by atoms with Crippen LogP contribution in [-0.4, -0.2) is 44.9 Å². The van der Waals surface area contributed by atoms with Crippen molar-refractivity contribution in [2.75, 3.05) is 13.1 Å². The molecule has 16 heavy (non-hydrogen) atoms. The average Bonchev–Trinajstić information content (AvgIpc) is 2.25. The first-order chi connectivity index (χ1) is 7.56. The molecule has 0 fully saturated rings. The van der Waals surface area contributed by atoms with Gasteiger partial charge < -0.3 is 10.0 Å². The molecule has 0 bridgehead atoms. The van der Waals surface area contributed by atoms with Gasteiger partial charge in [-0.2, -0.15) is 0 Å². The van der Waals surface area contributed by atoms with Gasteiger partial charge in [0, 0.05) is 12.7 Å². The lowest BCUT2D eigenvalue weighted by atomic mass is 10.2. The maximum atomic E-state index is 11.9. The van der Waals surface area contributed by atoms with E-state index >= 15 is 0 Å². The summed E-state index contributed by atoms with van der Waals surface area (Å²) < 4.78 is 0. The second-order valence-corrected chi connectivity index (χ2v) is 3.23. The van der Waals surface area contributed by atoms with Crippen LogP contribution in [0.4, 0.5) is 0 Å². The van der Waals surface area contributed by atoms with Gasteiger partial charge in [0.2, 0.25) is 0 Å². The number of carboxylic acid groups (broad SMARTS) is 1. The highest BCUT2D eigenvalue weighted by Gasteiger charge is 2.18. The van der Waals surface area contributed by atoms with E-state index in [2.05, 4.69) is 9.97 Å². The molecule has 0 aliphatic rings. The number of carbonyl (C=O) groups is 2. The van der Waals surface area contributed by atoms with E-state index in [0.29, 0.717) is 17.8 Å². The summed E-state index contributed by atoms with van der Waals surface area (Å²) >= 11 is 0. The van der Waals surface area contributed by atoms with Crippen molar-refractivity contribution in [2.45, 2.75) is 13.8 Å². The monoisotopic (exact) mass is 223 g/mol. The lowest BCUT2D eigenvalue weighted by Gasteiger charge is -2.18. The molecule has 0 aliphatic heterocycles. The standard InChI is InChI=1S/C10H13N3O3/c1-3-13(5-9(14)15)10(16)8-4-11-6-12-7(8)2/h4,6H,3,5H2,1-2H3,(H,14,15). The Labute approximate surface area is 92.9 Å². The molecule has 0 saturated heterocycles. The Morgan fingerprint density at radius 1 is 1.50 bits per heavy atom. The molecule has 0 spiro atoms. The summed E-state index contributed by atoms with van der Waals surface area (Å²) in [5, 5.41) is 8.65. The predicted molar refractivity (Wildman–Crippen MR) is 56.0 cm³/mol. The highest BCUT2D eigenvalue weighted by molar-refractivity contribution is 5.96. The zero-order valence-corrected chi connectivity index (χ0v) is 9.17. The molecular formula is C10H13N3O3. The Kier molecular flexibility index (Phi) is 3.93. The minimum absolute atomic E-state index is 0.316. The van der Waals surface area contributed by atoms with Gasteiger partial charge in [-0.25, -0.2) is 9.97 Å². The first kappa shape index (κ1) is 12.1. The van der Waals surface area contributed by atoms with Crippen LogP contribution in [-0.2, 0) is 4.79 Å². The van der Waals surface area contributed by atoms with Crippen LogP contribution in [0.3, 0.4) is 0 Å². The van der Waals surface area contributed by atoms with Crippen LogP contribution in [0.25, 0.3) is 0 Å². The molecule has 1 amide bonds. The maximum absolute atomic E-state index is 11.9. The number of carbonyl (C=O) groups excluding carboxylic acids is 1. The number of likely N-dealkylation sites (N-methyl/N-ethyl adjacent to an activating group) is 1. The Morgan fingerprint density at radius 3 is 2.69 bits per heavy atom. The number of amides is 1. The molecule has 86 valence electrons. The third-order valence-corrected chi connectivity index (χ3v) is 2.14. The highest BCUT2D eigenvalue weighted by Crippen LogP contribution is 2.06. The summed E-state index contributed by atoms with van der Waals surface area (Å²) in [4.78, 5) is 31.4. The van der Waals surface area contributed by atoms with E-state index in [0.717, 1.165) is 0 Å². The fourth-order valence-corrected chi connectivity index (χ4v) is 1.26. The first-order valence-electron chi connectivity index (χ1n) is 4.84. The lowest BCUT2D eigenvalue weighted by Crippen LogP contribution is -2.36. The van der Waals surface area contributed by atoms with Crippen molar-refractivity contribution < 1.29 is 14.7 Å². The first-order valence-corrected chi connectivity index (χ1v) is 4.84. The van der Waals surface area contributed by atoms with E-state index in [1.807, 2.05) is 0 Å². The third kappa shape index (κ3) is 2.75. The van der Waals surface area contributed by atoms with Crippen LogP contribution < -0.4 is 0 Å². The highest BCUT2D eigenvalue weighted by atomic mass is 16.4. The van der Waals surface area contributed by atoms with Gasteiger partial charge in [0.1, 0.15) is 12.9 Å². The zero-order chi connectivity index (χ0) is 12.1. The van der Waals surface area contributed by atoms with Crippen molar-refractivity contribution in [1.29, 1.82) is 0 Å². The lowest BCUT2D eigenvalue weighted by molar-refractivity contribution is -0.137. The summed E-state index contributed by atoms with van der Waals surface area (Å²) in [7, 11) is 0. The van der Waals surface area contributed by atoms with E-state index < -0.39 is 5.97 Å². The van der Waals surface area contributed by atoms with Gasteiger partial charge in [0.25, 0.3) is 5.91 Å². The van der Waals surface area contributed by atoms with Gasteiger partial charge in [-0.15, -0.1) is 0 Å². The van der Waals surface area contributed by atoms with E-state index in [1.165, 1.54) is 17.4 Å². The molecule has 1 aromatic rings. The molecule has 0 atom stereocenters. The quantitative estimate of drug-likeness (QED) is 0.795. The topological polar surface area (TPSA) is 83.4 Å². The number of aryl methyl sites for hydroxylation is 1. The molecule has 1 aromatic heterocycles. The fraction of sp³-hybridized carbons (Fsp3) is 0.400. The molecule has 0 radical (unpaired) electrons. The Hall–Kier alpha value is -1.98. The van der Waals surface area contributed by atoms with Gasteiger partial charge >= 0.3 is 5.97 Å². The zero-order valence-electron chi connectivity index (χ0n) is 9.17. The van der Waals surface area contributed by atoms with Crippen LogP contribution in [0.2, 0.25) is 0 Å². The number of aliphatic carboxylic acids is 1. The predicted octanol–water partition coefficient (Wildman–Crippen LogP) is 0.332. The third-order valence-electron chi connectivity index (χ3n) is 2.14. The molecule has 6 heteroatoms. The minimum atomic E-state index is -1.04. The number of aromatic nitrogens is 2. The van der Waals surface area contributed by atoms with Gasteiger partial charge in [-0.3, -0.25) is 9.59 Å². The van der Waals surface area contributed by atoms with Crippen LogP contribution in [0.15, 0.2) is 12.5 Å². The Balaban J connectivity index is 2.91. The smallest absolute Gasteiger partial charge is 0.323 e. The second kappa shape index (κ2) is 5.20. The van der Waals surface area contributed by atoms with Crippen molar-refractivity contribution in [2.24, 2.45) is 0 Å². The van der Waals surface area contributed by atoms with Crippen LogP contribution in [0, 0.1) is 6.92 Å². The number of hydrogen-bond donors (Lipinski definition) is 1. The molecule has 1 heterocycles. The largest absolute Gasteiger partial charge is 0.480 e. The summed E-state index contributed by atoms with van der Waals surface area (Å²) in [5.41, 5.74) is 0.884. The van der Waals surface area contributed by atoms with Gasteiger partial charge in [0.05, 0.1) is 11.3 Å². The minimum Gasteiger partial charge on any atom is -0.480 e. The Morgan fingerprint density at radius 2 is 2.19 bits per heavy atom. The van der Waals surface area contributed by atoms with E-state index in [9.17, 15) is 9.59 Å². The molecule has 1 N–H and O–H groups in total. The van der Waals surface area contributed by atoms with Gasteiger partial charge in [-0.1, -0.05) is 0 Å². The van der Waals surface area contributed by atoms with E-state index in [4.69, 9.17) is 5.11 Å². The summed E-state index contributed by atoms with van der Waals surface area (Å²) in [5.74, 6) is -1.40. The molecule has 0 saturated carbocycles. The van der Waals surface area contributed by atoms with Crippen molar-refractivity contribution in [3.8, 4) is 0 Å². The molecule has 0 aliphatic carbocycles. The average molecular weight is 223 g/mol. The number of rotatable bonds is 4. The van der Waals surface area contributed by atoms with Gasteiger partial charge in [-0.05, 0) is 13.8 Å². The maximum Gasteiger partial charge on any atom is 0.323 e. The molecular weight excluding hydrogens is 210 g/mol. The van der Waals surface area contributed by atoms with Crippen molar-refractivity contribution >= 4 is 11.9 Å². The van der Waals surface area contributed by atoms with Gasteiger partial charge in [0.15, 0.2) is 0 Å². The van der Waals surface area contributed by atoms with Crippen LogP contribution in [0.1, 0.15) is 23.0 Å². The SMILES string of the molecule is CCN(CC(=O)O)C(=O)c1cncnc1C. The number of nitrogens with zero attached hydrogens (tertiary/aromatic N) is 3. The Bertz CT molecular complexity index is 406. The van der Waals surface area contributed by atoms with Crippen LogP contribution in [0.5, 0.6) is 0 Å². The summed E-state index contributed by atoms with van der Waals surface area (Å²) in [6.07, 6.45) is 2.74. The van der Waals surface area contributed by atoms with Crippen molar-refractivity contribution in [3.05, 3.63) is 23.8 Å². The van der Waals surface area contributed by atoms with Crippen molar-refractivity contribution in [3.63, 3.8) is 0 Å². The number of hydrogen-bond acceptors (Lipinski definition) is 4. The van der Waals surface area contributed by atoms with Crippen molar-refractivity contribution in [1.82, 2.24) is 14.9 Å². The van der Waals surface area contributed by atoms with E-state index in [1.54, 1.807) is 13.8 Å². The number of carboxylic acids is 1.